The third-order valence-electron chi connectivity index (χ3n) is 15.3. The smallest absolute Gasteiger partial charge is 0.324 e. The van der Waals surface area contributed by atoms with Gasteiger partial charge in [-0.3, -0.25) is 9.59 Å². The number of nitrogens with one attached hydrogen (secondary N) is 2. The summed E-state index contributed by atoms with van der Waals surface area (Å²) in [6, 6.07) is 89.1. The average Bonchev–Trinajstić information content (AvgIpc) is 4.41. The van der Waals surface area contributed by atoms with Gasteiger partial charge in [-0.25, -0.2) is 9.97 Å². The lowest BCUT2D eigenvalue weighted by Crippen LogP contribution is -2.26. The van der Waals surface area contributed by atoms with Crippen molar-refractivity contribution in [3.05, 3.63) is 311 Å². The molecule has 0 radical (unpaired) electrons. The average molecular weight is 1080 g/mol. The van der Waals surface area contributed by atoms with Crippen LogP contribution in [0.25, 0.3) is 88.9 Å². The van der Waals surface area contributed by atoms with Crippen molar-refractivity contribution in [3.8, 4) is 44.5 Å². The number of carbonyl (C=O) groups is 2. The third-order valence-corrected chi connectivity index (χ3v) is 15.3. The number of nitrogens with zero attached hydrogens (tertiary/aromatic N) is 2. The Hall–Kier alpha value is -10.7. The molecule has 3 aromatic heterocycles. The molecule has 0 amide bonds. The van der Waals surface area contributed by atoms with E-state index in [0.717, 1.165) is 100 Å². The van der Waals surface area contributed by atoms with Crippen LogP contribution in [0.15, 0.2) is 261 Å². The topological polar surface area (TPSA) is 110 Å². The number of aromatic nitrogens is 4. The summed E-state index contributed by atoms with van der Waals surface area (Å²) < 4.78 is 11.8. The van der Waals surface area contributed by atoms with Crippen molar-refractivity contribution in [1.82, 2.24) is 19.9 Å². The molecule has 8 nitrogen and oxygen atoms in total. The molecule has 8 bridgehead atoms. The Morgan fingerprint density at radius 2 is 0.602 bits per heavy atom. The molecule has 2 aliphatic rings. The maximum atomic E-state index is 15.0. The Balaban J connectivity index is 1.38. The third kappa shape index (κ3) is 9.66. The van der Waals surface area contributed by atoms with Crippen molar-refractivity contribution in [2.45, 2.75) is 19.8 Å². The number of fused-ring (bicyclic) bond motifs is 8. The van der Waals surface area contributed by atoms with Gasteiger partial charge in [0.1, 0.15) is 0 Å². The highest BCUT2D eigenvalue weighted by Gasteiger charge is 2.38. The molecule has 13 rings (SSSR count). The predicted molar refractivity (Wildman–Crippen MR) is 335 cm³/mol. The summed E-state index contributed by atoms with van der Waals surface area (Å²) in [5.41, 5.74) is 19.8. The fraction of sp³-hybridized carbons (Fsp3) is 0.0667. The van der Waals surface area contributed by atoms with Gasteiger partial charge in [0.2, 0.25) is 0 Å². The second-order valence-electron chi connectivity index (χ2n) is 20.3. The van der Waals surface area contributed by atoms with E-state index in [9.17, 15) is 9.59 Å². The van der Waals surface area contributed by atoms with Gasteiger partial charge in [-0.05, 0) is 76.6 Å². The molecular formula is C75H56N4O4. The summed E-state index contributed by atoms with van der Waals surface area (Å²) >= 11 is 0. The van der Waals surface area contributed by atoms with Crippen LogP contribution in [0.5, 0.6) is 0 Å². The maximum Gasteiger partial charge on any atom is 0.324 e. The van der Waals surface area contributed by atoms with Gasteiger partial charge in [-0.2, -0.15) is 0 Å². The number of hydrogen-bond donors (Lipinski definition) is 2. The molecule has 0 fully saturated rings. The van der Waals surface area contributed by atoms with Crippen molar-refractivity contribution in [3.63, 3.8) is 0 Å². The molecule has 83 heavy (non-hydrogen) atoms. The molecule has 0 atom stereocenters. The minimum atomic E-state index is -1.53. The second kappa shape index (κ2) is 22.8. The second-order valence-corrected chi connectivity index (χ2v) is 20.3. The molecule has 0 spiro atoms. The van der Waals surface area contributed by atoms with Crippen molar-refractivity contribution in [2.24, 2.45) is 0 Å². The normalized spacial score (nSPS) is 12.2. The van der Waals surface area contributed by atoms with Crippen LogP contribution in [0.2, 0.25) is 0 Å². The van der Waals surface area contributed by atoms with Crippen molar-refractivity contribution < 1.29 is 19.1 Å². The van der Waals surface area contributed by atoms with Crippen LogP contribution < -0.4 is 0 Å². The van der Waals surface area contributed by atoms with E-state index >= 15 is 0 Å². The molecule has 400 valence electrons. The number of rotatable bonds is 13. The predicted octanol–water partition coefficient (Wildman–Crippen LogP) is 17.2. The Kier molecular flexibility index (Phi) is 14.2. The molecule has 0 aliphatic carbocycles. The number of esters is 2. The van der Waals surface area contributed by atoms with E-state index in [4.69, 9.17) is 19.4 Å². The molecule has 8 aromatic carbocycles. The summed E-state index contributed by atoms with van der Waals surface area (Å²) in [7, 11) is 0. The highest BCUT2D eigenvalue weighted by molar-refractivity contribution is 6.16. The summed E-state index contributed by atoms with van der Waals surface area (Å²) in [6.45, 7) is 3.56. The molecule has 0 saturated carbocycles. The van der Waals surface area contributed by atoms with Gasteiger partial charge in [0.25, 0.3) is 0 Å². The van der Waals surface area contributed by atoms with Gasteiger partial charge < -0.3 is 19.4 Å². The van der Waals surface area contributed by atoms with Crippen LogP contribution in [0.3, 0.4) is 0 Å². The molecule has 0 saturated heterocycles. The van der Waals surface area contributed by atoms with Crippen LogP contribution in [0.4, 0.5) is 0 Å². The van der Waals surface area contributed by atoms with Crippen molar-refractivity contribution in [2.75, 3.05) is 13.2 Å². The minimum absolute atomic E-state index is 0.0337. The molecule has 11 aromatic rings. The fourth-order valence-corrected chi connectivity index (χ4v) is 11.8. The van der Waals surface area contributed by atoms with E-state index in [2.05, 4.69) is 180 Å². The van der Waals surface area contributed by atoms with Crippen LogP contribution >= 0.6 is 0 Å². The molecule has 2 aliphatic heterocycles. The van der Waals surface area contributed by atoms with Gasteiger partial charge >= 0.3 is 11.9 Å². The van der Waals surface area contributed by atoms with Gasteiger partial charge in [-0.15, -0.1) is 0 Å². The zero-order chi connectivity index (χ0) is 56.2. The van der Waals surface area contributed by atoms with E-state index in [1.807, 2.05) is 91.0 Å². The molecule has 0 unspecified atom stereocenters. The van der Waals surface area contributed by atoms with Gasteiger partial charge in [-0.1, -0.05) is 243 Å². The molecule has 5 heterocycles. The van der Waals surface area contributed by atoms with Crippen molar-refractivity contribution >= 4 is 56.3 Å². The lowest BCUT2D eigenvalue weighted by atomic mass is 9.87. The van der Waals surface area contributed by atoms with E-state index in [-0.39, 0.29) is 13.2 Å². The summed E-state index contributed by atoms with van der Waals surface area (Å²) in [6.07, 6.45) is 0. The number of benzene rings is 8. The maximum absolute atomic E-state index is 15.0. The van der Waals surface area contributed by atoms with Crippen LogP contribution in [-0.4, -0.2) is 45.1 Å². The first-order chi connectivity index (χ1) is 41.0. The Bertz CT molecular complexity index is 4430. The standard InChI is InChI=1S/C75H56N4O4/c1-3-82-74(80)68(75(81)83-4-2)56-47-59-62(50-33-17-7-18-34-50)72-64(52-37-21-9-22-38-52)63(51-35-19-8-20-36-51)70(78-72)60(48-29-13-5-14-30-48)57-45-46-58(76-57)61(49-31-15-6-16-32-49)71-65(53-39-23-10-24-40-53)66(54-41-25-11-26-42-54)73(79-71)67(69(56)77-59)55-43-27-12-28-44-55/h5-47,68,76-77H,3-4H2,1-2H3. The van der Waals surface area contributed by atoms with E-state index < -0.39 is 17.9 Å². The highest BCUT2D eigenvalue weighted by Crippen LogP contribution is 2.51. The minimum Gasteiger partial charge on any atom is -0.465 e. The summed E-state index contributed by atoms with van der Waals surface area (Å²) in [4.78, 5) is 50.1. The van der Waals surface area contributed by atoms with E-state index in [1.165, 1.54) is 0 Å². The summed E-state index contributed by atoms with van der Waals surface area (Å²) in [5, 5.41) is 0. The van der Waals surface area contributed by atoms with Crippen molar-refractivity contribution in [1.29, 1.82) is 0 Å². The zero-order valence-electron chi connectivity index (χ0n) is 45.8. The first-order valence-corrected chi connectivity index (χ1v) is 28.1. The Labute approximate surface area is 481 Å². The Morgan fingerprint density at radius 3 is 0.904 bits per heavy atom. The highest BCUT2D eigenvalue weighted by atomic mass is 16.6. The first kappa shape index (κ1) is 51.7. The lowest BCUT2D eigenvalue weighted by molar-refractivity contribution is -0.156. The van der Waals surface area contributed by atoms with E-state index in [1.54, 1.807) is 13.8 Å². The molecular weight excluding hydrogens is 1020 g/mol. The monoisotopic (exact) mass is 1080 g/mol. The van der Waals surface area contributed by atoms with Crippen LogP contribution in [0.1, 0.15) is 70.4 Å². The SMILES string of the molecule is CCOC(=O)C(C(=O)OCC)c1cc2[nH]c1c(-c1ccccc1)c1nc(c(-c3ccccc3)c3ccc([nH]3)c(-c3ccccc3)c3nc(c2-c2ccccc2)C(c2ccccc2)=C3c2ccccc2)C(c2ccccc2)=C1c1ccccc1. The number of aromatic amines is 2. The van der Waals surface area contributed by atoms with Gasteiger partial charge in [0.05, 0.1) is 41.5 Å². The first-order valence-electron chi connectivity index (χ1n) is 28.1. The number of H-pyrrole nitrogens is 2. The number of carbonyl (C=O) groups excluding carboxylic acids is 2. The van der Waals surface area contributed by atoms with Gasteiger partial charge in [0, 0.05) is 66.7 Å². The quantitative estimate of drug-likeness (QED) is 0.0879. The number of ether oxygens (including phenoxy) is 2. The zero-order valence-corrected chi connectivity index (χ0v) is 45.8. The molecule has 2 N–H and O–H groups in total. The lowest BCUT2D eigenvalue weighted by Gasteiger charge is -2.16. The Morgan fingerprint density at radius 1 is 0.337 bits per heavy atom. The fourth-order valence-electron chi connectivity index (χ4n) is 11.8. The largest absolute Gasteiger partial charge is 0.465 e. The summed E-state index contributed by atoms with van der Waals surface area (Å²) in [5.74, 6) is -3.01. The van der Waals surface area contributed by atoms with E-state index in [0.29, 0.717) is 39.2 Å². The van der Waals surface area contributed by atoms with Crippen LogP contribution in [0, 0.1) is 0 Å². The van der Waals surface area contributed by atoms with Gasteiger partial charge in [0.15, 0.2) is 5.92 Å². The number of hydrogen-bond acceptors (Lipinski definition) is 6. The van der Waals surface area contributed by atoms with Crippen LogP contribution in [-0.2, 0) is 19.1 Å². The molecule has 8 heteroatoms.